The number of carbonyl (C=O) groups is 2. The summed E-state index contributed by atoms with van der Waals surface area (Å²) in [4.78, 5) is 24.3. The van der Waals surface area contributed by atoms with Gasteiger partial charge in [0.2, 0.25) is 0 Å². The Kier molecular flexibility index (Phi) is 7.62. The molecule has 1 atom stereocenters. The van der Waals surface area contributed by atoms with Gasteiger partial charge >= 0.3 is 11.9 Å². The van der Waals surface area contributed by atoms with Crippen LogP contribution in [-0.4, -0.2) is 41.4 Å². The lowest BCUT2D eigenvalue weighted by Crippen LogP contribution is -2.22. The number of esters is 2. The maximum absolute atomic E-state index is 12.1. The molecule has 0 saturated carbocycles. The fourth-order valence-electron chi connectivity index (χ4n) is 1.35. The Morgan fingerprint density at radius 2 is 1.62 bits per heavy atom. The number of rotatable bonds is 6. The van der Waals surface area contributed by atoms with Gasteiger partial charge in [0.05, 0.1) is 17.5 Å². The number of ether oxygens (including phenoxy) is 2. The smallest absolute Gasteiger partial charge is 0.347 e. The lowest BCUT2D eigenvalue weighted by atomic mass is 10.2. The van der Waals surface area contributed by atoms with Crippen LogP contribution in [0.4, 0.5) is 0 Å². The highest BCUT2D eigenvalue weighted by atomic mass is 32.2. The molecule has 1 fully saturated rings. The third kappa shape index (κ3) is 6.32. The second-order valence-corrected chi connectivity index (χ2v) is 8.01. The van der Waals surface area contributed by atoms with Crippen molar-refractivity contribution in [1.82, 2.24) is 0 Å². The van der Waals surface area contributed by atoms with E-state index >= 15 is 0 Å². The molecule has 1 aliphatic heterocycles. The van der Waals surface area contributed by atoms with Crippen molar-refractivity contribution >= 4 is 35.5 Å². The van der Waals surface area contributed by atoms with Crippen LogP contribution in [0.15, 0.2) is 9.81 Å². The van der Waals surface area contributed by atoms with E-state index in [1.54, 1.807) is 0 Å². The minimum absolute atomic E-state index is 0.0946. The van der Waals surface area contributed by atoms with E-state index in [-0.39, 0.29) is 30.6 Å². The Balaban J connectivity index is 2.85. The lowest BCUT2D eigenvalue weighted by molar-refractivity contribution is -0.148. The zero-order valence-corrected chi connectivity index (χ0v) is 14.4. The van der Waals surface area contributed by atoms with Gasteiger partial charge in [0, 0.05) is 5.75 Å². The molecule has 5 nitrogen and oxygen atoms in total. The van der Waals surface area contributed by atoms with Crippen LogP contribution < -0.4 is 0 Å². The first kappa shape index (κ1) is 18.4. The number of aliphatic hydroxyl groups excluding tert-OH is 1. The fourth-order valence-corrected chi connectivity index (χ4v) is 3.77. The largest absolute Gasteiger partial charge is 0.462 e. The zero-order valence-electron chi connectivity index (χ0n) is 12.8. The predicted molar refractivity (Wildman–Crippen MR) is 84.7 cm³/mol. The van der Waals surface area contributed by atoms with Crippen molar-refractivity contribution in [3.63, 3.8) is 0 Å². The van der Waals surface area contributed by atoms with Gasteiger partial charge < -0.3 is 14.6 Å². The van der Waals surface area contributed by atoms with Gasteiger partial charge in [-0.3, -0.25) is 0 Å². The lowest BCUT2D eigenvalue weighted by Gasteiger charge is -2.12. The predicted octanol–water partition coefficient (Wildman–Crippen LogP) is 2.39. The third-order valence-corrected chi connectivity index (χ3v) is 4.97. The standard InChI is InChI=1S/C14H22O5S2/c1-8(2)5-18-12(16)11(13(17)19-6-9(3)4)14-20-7-10(15)21-14/h8-10,15H,5-7H2,1-4H3. The van der Waals surface area contributed by atoms with Gasteiger partial charge in [-0.15, -0.1) is 11.8 Å². The molecule has 1 heterocycles. The van der Waals surface area contributed by atoms with Crippen molar-refractivity contribution in [3.8, 4) is 0 Å². The van der Waals surface area contributed by atoms with Gasteiger partial charge in [-0.25, -0.2) is 9.59 Å². The Hall–Kier alpha value is -0.660. The monoisotopic (exact) mass is 334 g/mol. The summed E-state index contributed by atoms with van der Waals surface area (Å²) in [5.41, 5.74) is -0.710. The van der Waals surface area contributed by atoms with Gasteiger partial charge in [0.1, 0.15) is 5.44 Å². The first-order valence-corrected chi connectivity index (χ1v) is 8.73. The van der Waals surface area contributed by atoms with Crippen LogP contribution in [-0.2, 0) is 19.1 Å². The van der Waals surface area contributed by atoms with Gasteiger partial charge in [-0.2, -0.15) is 0 Å². The van der Waals surface area contributed by atoms with Crippen molar-refractivity contribution in [1.29, 1.82) is 0 Å². The van der Waals surface area contributed by atoms with Crippen LogP contribution in [0.3, 0.4) is 0 Å². The normalized spacial score (nSPS) is 18.2. The first-order chi connectivity index (χ1) is 9.81. The molecule has 1 N–H and O–H groups in total. The molecule has 1 aliphatic rings. The summed E-state index contributed by atoms with van der Waals surface area (Å²) in [5.74, 6) is -0.552. The maximum Gasteiger partial charge on any atom is 0.347 e. The Labute approximate surface area is 133 Å². The van der Waals surface area contributed by atoms with E-state index in [0.29, 0.717) is 9.99 Å². The van der Waals surface area contributed by atoms with Crippen molar-refractivity contribution in [2.24, 2.45) is 11.8 Å². The second kappa shape index (κ2) is 8.70. The molecule has 1 saturated heterocycles. The van der Waals surface area contributed by atoms with E-state index in [2.05, 4.69) is 0 Å². The van der Waals surface area contributed by atoms with Crippen LogP contribution in [0, 0.1) is 11.8 Å². The molecule has 0 aliphatic carbocycles. The van der Waals surface area contributed by atoms with Crippen molar-refractivity contribution in [2.75, 3.05) is 19.0 Å². The summed E-state index contributed by atoms with van der Waals surface area (Å²) in [6.07, 6.45) is 0. The van der Waals surface area contributed by atoms with E-state index in [1.165, 1.54) is 11.8 Å². The zero-order chi connectivity index (χ0) is 16.0. The van der Waals surface area contributed by atoms with Crippen LogP contribution >= 0.6 is 23.5 Å². The average Bonchev–Trinajstić information content (AvgIpc) is 2.80. The highest BCUT2D eigenvalue weighted by molar-refractivity contribution is 8.25. The molecular weight excluding hydrogens is 312 g/mol. The van der Waals surface area contributed by atoms with E-state index in [0.717, 1.165) is 11.8 Å². The Morgan fingerprint density at radius 1 is 1.14 bits per heavy atom. The fraction of sp³-hybridized carbons (Fsp3) is 0.714. The minimum atomic E-state index is -0.679. The molecule has 120 valence electrons. The summed E-state index contributed by atoms with van der Waals surface area (Å²) < 4.78 is 10.7. The van der Waals surface area contributed by atoms with Gasteiger partial charge in [-0.1, -0.05) is 39.5 Å². The summed E-state index contributed by atoms with van der Waals surface area (Å²) in [5, 5.41) is 9.55. The van der Waals surface area contributed by atoms with E-state index in [4.69, 9.17) is 9.47 Å². The van der Waals surface area contributed by atoms with Crippen molar-refractivity contribution < 1.29 is 24.2 Å². The van der Waals surface area contributed by atoms with Crippen LogP contribution in [0.25, 0.3) is 0 Å². The molecule has 0 bridgehead atoms. The summed E-state index contributed by atoms with van der Waals surface area (Å²) in [6.45, 7) is 8.15. The molecule has 0 aromatic rings. The van der Waals surface area contributed by atoms with Crippen LogP contribution in [0.1, 0.15) is 27.7 Å². The summed E-state index contributed by atoms with van der Waals surface area (Å²) >= 11 is 2.37. The van der Waals surface area contributed by atoms with Crippen molar-refractivity contribution in [3.05, 3.63) is 9.81 Å². The Bertz CT molecular complexity index is 392. The SMILES string of the molecule is CC(C)COC(=O)C(C(=O)OCC(C)C)=C1SCC(O)S1. The Morgan fingerprint density at radius 3 is 1.95 bits per heavy atom. The number of hydrogen-bond acceptors (Lipinski definition) is 7. The van der Waals surface area contributed by atoms with Gasteiger partial charge in [0.15, 0.2) is 5.57 Å². The molecule has 0 aromatic carbocycles. The summed E-state index contributed by atoms with van der Waals surface area (Å²) in [7, 11) is 0. The molecule has 0 radical (unpaired) electrons. The average molecular weight is 334 g/mol. The van der Waals surface area contributed by atoms with Crippen LogP contribution in [0.2, 0.25) is 0 Å². The molecule has 0 aromatic heterocycles. The van der Waals surface area contributed by atoms with E-state index in [1.807, 2.05) is 27.7 Å². The molecule has 0 amide bonds. The quantitative estimate of drug-likeness (QED) is 0.346. The number of aliphatic hydroxyl groups is 1. The highest BCUT2D eigenvalue weighted by Crippen LogP contribution is 2.43. The van der Waals surface area contributed by atoms with Gasteiger partial charge in [0.25, 0.3) is 0 Å². The third-order valence-electron chi connectivity index (χ3n) is 2.31. The number of hydrogen-bond donors (Lipinski definition) is 1. The van der Waals surface area contributed by atoms with Crippen molar-refractivity contribution in [2.45, 2.75) is 33.1 Å². The minimum Gasteiger partial charge on any atom is -0.462 e. The molecule has 0 spiro atoms. The molecule has 1 rings (SSSR count). The maximum atomic E-state index is 12.1. The number of thioether (sulfide) groups is 2. The molecule has 21 heavy (non-hydrogen) atoms. The first-order valence-electron chi connectivity index (χ1n) is 6.87. The molecule has 7 heteroatoms. The summed E-state index contributed by atoms with van der Waals surface area (Å²) in [6, 6.07) is 0. The van der Waals surface area contributed by atoms with E-state index < -0.39 is 17.4 Å². The molecular formula is C14H22O5S2. The van der Waals surface area contributed by atoms with E-state index in [9.17, 15) is 14.7 Å². The van der Waals surface area contributed by atoms with Gasteiger partial charge in [-0.05, 0) is 11.8 Å². The number of carbonyl (C=O) groups excluding carboxylic acids is 2. The van der Waals surface area contributed by atoms with Crippen LogP contribution in [0.5, 0.6) is 0 Å². The second-order valence-electron chi connectivity index (χ2n) is 5.53. The highest BCUT2D eigenvalue weighted by Gasteiger charge is 2.32. The molecule has 1 unspecified atom stereocenters. The topological polar surface area (TPSA) is 72.8 Å².